The quantitative estimate of drug-likeness (QED) is 0.864. The van der Waals surface area contributed by atoms with Gasteiger partial charge in [0.1, 0.15) is 12.4 Å². The van der Waals surface area contributed by atoms with Gasteiger partial charge in [-0.3, -0.25) is 4.90 Å². The number of aliphatic hydroxyl groups excluding tert-OH is 1. The van der Waals surface area contributed by atoms with E-state index in [2.05, 4.69) is 17.9 Å². The summed E-state index contributed by atoms with van der Waals surface area (Å²) in [5.74, 6) is 0.786. The lowest BCUT2D eigenvalue weighted by Gasteiger charge is -2.36. The Kier molecular flexibility index (Phi) is 4.99. The molecule has 1 fully saturated rings. The van der Waals surface area contributed by atoms with Crippen LogP contribution in [-0.2, 0) is 0 Å². The van der Waals surface area contributed by atoms with Crippen LogP contribution in [0.4, 0.5) is 0 Å². The van der Waals surface area contributed by atoms with Crippen LogP contribution in [0.25, 0.3) is 0 Å². The minimum atomic E-state index is -0.0476. The van der Waals surface area contributed by atoms with Gasteiger partial charge in [0.15, 0.2) is 0 Å². The highest BCUT2D eigenvalue weighted by molar-refractivity contribution is 5.34. The molecule has 4 nitrogen and oxygen atoms in total. The van der Waals surface area contributed by atoms with Gasteiger partial charge in [0.2, 0.25) is 0 Å². The van der Waals surface area contributed by atoms with E-state index in [1.54, 1.807) is 12.1 Å². The normalized spacial score (nSPS) is 22.6. The van der Waals surface area contributed by atoms with E-state index < -0.39 is 0 Å². The number of likely N-dealkylation sites (tertiary alicyclic amines) is 1. The van der Waals surface area contributed by atoms with Gasteiger partial charge < -0.3 is 9.84 Å². The fourth-order valence-corrected chi connectivity index (χ4v) is 2.93. The van der Waals surface area contributed by atoms with Crippen molar-refractivity contribution in [2.24, 2.45) is 0 Å². The second kappa shape index (κ2) is 6.74. The SMILES string of the molecule is CC[C@@]1(CO)CCCN1CCOc1ccc(C#N)cc1. The zero-order valence-electron chi connectivity index (χ0n) is 12.0. The van der Waals surface area contributed by atoms with Crippen molar-refractivity contribution in [2.45, 2.75) is 31.7 Å². The number of ether oxygens (including phenoxy) is 1. The summed E-state index contributed by atoms with van der Waals surface area (Å²) in [7, 11) is 0. The summed E-state index contributed by atoms with van der Waals surface area (Å²) >= 11 is 0. The molecule has 20 heavy (non-hydrogen) atoms. The molecule has 1 saturated heterocycles. The molecule has 1 aliphatic rings. The monoisotopic (exact) mass is 274 g/mol. The highest BCUT2D eigenvalue weighted by atomic mass is 16.5. The molecule has 0 amide bonds. The molecule has 0 radical (unpaired) electrons. The van der Waals surface area contributed by atoms with Crippen molar-refractivity contribution < 1.29 is 9.84 Å². The predicted molar refractivity (Wildman–Crippen MR) is 77.6 cm³/mol. The average Bonchev–Trinajstić information content (AvgIpc) is 2.91. The van der Waals surface area contributed by atoms with E-state index in [0.29, 0.717) is 12.2 Å². The molecule has 2 rings (SSSR count). The van der Waals surface area contributed by atoms with Gasteiger partial charge in [-0.1, -0.05) is 6.92 Å². The molecule has 0 aliphatic carbocycles. The molecular weight excluding hydrogens is 252 g/mol. The fourth-order valence-electron chi connectivity index (χ4n) is 2.93. The lowest BCUT2D eigenvalue weighted by Crippen LogP contribution is -2.48. The Labute approximate surface area is 120 Å². The molecule has 0 unspecified atom stereocenters. The number of nitriles is 1. The molecule has 4 heteroatoms. The average molecular weight is 274 g/mol. The van der Waals surface area contributed by atoms with Crippen LogP contribution >= 0.6 is 0 Å². The van der Waals surface area contributed by atoms with Crippen LogP contribution in [-0.4, -0.2) is 41.8 Å². The molecule has 0 bridgehead atoms. The van der Waals surface area contributed by atoms with Gasteiger partial charge >= 0.3 is 0 Å². The first-order valence-corrected chi connectivity index (χ1v) is 7.23. The molecule has 1 aromatic carbocycles. The maximum absolute atomic E-state index is 9.65. The van der Waals surface area contributed by atoms with Gasteiger partial charge in [0, 0.05) is 12.1 Å². The maximum atomic E-state index is 9.65. The lowest BCUT2D eigenvalue weighted by molar-refractivity contribution is 0.0508. The summed E-state index contributed by atoms with van der Waals surface area (Å²) in [6.07, 6.45) is 3.18. The number of aliphatic hydroxyl groups is 1. The van der Waals surface area contributed by atoms with Gasteiger partial charge in [-0.05, 0) is 50.1 Å². The van der Waals surface area contributed by atoms with Gasteiger partial charge in [0.25, 0.3) is 0 Å². The van der Waals surface area contributed by atoms with E-state index in [4.69, 9.17) is 10.00 Å². The predicted octanol–water partition coefficient (Wildman–Crippen LogP) is 2.17. The molecule has 1 heterocycles. The third-order valence-corrected chi connectivity index (χ3v) is 4.31. The van der Waals surface area contributed by atoms with Crippen molar-refractivity contribution >= 4 is 0 Å². The number of nitrogens with zero attached hydrogens (tertiary/aromatic N) is 2. The van der Waals surface area contributed by atoms with E-state index in [1.165, 1.54) is 0 Å². The molecule has 0 aromatic heterocycles. The Morgan fingerprint density at radius 1 is 1.40 bits per heavy atom. The molecule has 0 spiro atoms. The Bertz CT molecular complexity index is 460. The van der Waals surface area contributed by atoms with E-state index in [-0.39, 0.29) is 12.1 Å². The second-order valence-electron chi connectivity index (χ2n) is 5.31. The van der Waals surface area contributed by atoms with Crippen LogP contribution in [0.3, 0.4) is 0 Å². The van der Waals surface area contributed by atoms with E-state index in [9.17, 15) is 5.11 Å². The number of rotatable bonds is 6. The Hall–Kier alpha value is -1.57. The van der Waals surface area contributed by atoms with Crippen molar-refractivity contribution in [3.63, 3.8) is 0 Å². The summed E-state index contributed by atoms with van der Waals surface area (Å²) < 4.78 is 5.72. The van der Waals surface area contributed by atoms with Crippen molar-refractivity contribution in [3.8, 4) is 11.8 Å². The molecular formula is C16H22N2O2. The van der Waals surface area contributed by atoms with Crippen LogP contribution < -0.4 is 4.74 Å². The summed E-state index contributed by atoms with van der Waals surface area (Å²) in [5, 5.41) is 18.4. The Balaban J connectivity index is 1.84. The zero-order valence-corrected chi connectivity index (χ0v) is 12.0. The number of hydrogen-bond donors (Lipinski definition) is 1. The number of hydrogen-bond acceptors (Lipinski definition) is 4. The first kappa shape index (κ1) is 14.8. The molecule has 1 atom stereocenters. The highest BCUT2D eigenvalue weighted by Gasteiger charge is 2.38. The van der Waals surface area contributed by atoms with Crippen LogP contribution in [0.5, 0.6) is 5.75 Å². The maximum Gasteiger partial charge on any atom is 0.119 e. The van der Waals surface area contributed by atoms with Gasteiger partial charge in [-0.2, -0.15) is 5.26 Å². The van der Waals surface area contributed by atoms with E-state index in [1.807, 2.05) is 12.1 Å². The van der Waals surface area contributed by atoms with Crippen LogP contribution in [0.1, 0.15) is 31.7 Å². The minimum absolute atomic E-state index is 0.0476. The zero-order chi connectivity index (χ0) is 14.4. The van der Waals surface area contributed by atoms with E-state index in [0.717, 1.165) is 38.1 Å². The summed E-state index contributed by atoms with van der Waals surface area (Å²) in [5.41, 5.74) is 0.593. The van der Waals surface area contributed by atoms with Crippen molar-refractivity contribution in [3.05, 3.63) is 29.8 Å². The van der Waals surface area contributed by atoms with Gasteiger partial charge in [-0.25, -0.2) is 0 Å². The van der Waals surface area contributed by atoms with Crippen molar-refractivity contribution in [2.75, 3.05) is 26.3 Å². The Morgan fingerprint density at radius 3 is 2.75 bits per heavy atom. The summed E-state index contributed by atoms with van der Waals surface area (Å²) in [6, 6.07) is 9.25. The van der Waals surface area contributed by atoms with Crippen LogP contribution in [0, 0.1) is 11.3 Å². The van der Waals surface area contributed by atoms with Crippen LogP contribution in [0.2, 0.25) is 0 Å². The lowest BCUT2D eigenvalue weighted by atomic mass is 9.94. The molecule has 1 aromatic rings. The topological polar surface area (TPSA) is 56.5 Å². The summed E-state index contributed by atoms with van der Waals surface area (Å²) in [4.78, 5) is 2.34. The largest absolute Gasteiger partial charge is 0.492 e. The first-order valence-electron chi connectivity index (χ1n) is 7.23. The van der Waals surface area contributed by atoms with E-state index >= 15 is 0 Å². The van der Waals surface area contributed by atoms with Crippen molar-refractivity contribution in [1.29, 1.82) is 5.26 Å². The Morgan fingerprint density at radius 2 is 2.15 bits per heavy atom. The minimum Gasteiger partial charge on any atom is -0.492 e. The van der Waals surface area contributed by atoms with Crippen molar-refractivity contribution in [1.82, 2.24) is 4.90 Å². The molecule has 1 aliphatic heterocycles. The van der Waals surface area contributed by atoms with Crippen LogP contribution in [0.15, 0.2) is 24.3 Å². The standard InChI is InChI=1S/C16H22N2O2/c1-2-16(13-19)8-3-9-18(16)10-11-20-15-6-4-14(12-17)5-7-15/h4-7,19H,2-3,8-11,13H2,1H3/t16-/m0/s1. The number of benzene rings is 1. The smallest absolute Gasteiger partial charge is 0.119 e. The second-order valence-corrected chi connectivity index (χ2v) is 5.31. The van der Waals surface area contributed by atoms with Gasteiger partial charge in [0.05, 0.1) is 18.2 Å². The first-order chi connectivity index (χ1) is 9.74. The fraction of sp³-hybridized carbons (Fsp3) is 0.562. The third kappa shape index (κ3) is 3.12. The molecule has 0 saturated carbocycles. The molecule has 1 N–H and O–H groups in total. The summed E-state index contributed by atoms with van der Waals surface area (Å²) in [6.45, 7) is 4.82. The van der Waals surface area contributed by atoms with Gasteiger partial charge in [-0.15, -0.1) is 0 Å². The third-order valence-electron chi connectivity index (χ3n) is 4.31. The highest BCUT2D eigenvalue weighted by Crippen LogP contribution is 2.31. The molecule has 108 valence electrons.